The molecule has 0 saturated carbocycles. The minimum Gasteiger partial charge on any atom is -0.508 e. The fourth-order valence-electron chi connectivity index (χ4n) is 2.34. The van der Waals surface area contributed by atoms with Gasteiger partial charge in [0, 0.05) is 12.0 Å². The molecule has 0 spiro atoms. The van der Waals surface area contributed by atoms with Gasteiger partial charge in [0.05, 0.1) is 5.30 Å². The van der Waals surface area contributed by atoms with Gasteiger partial charge in [-0.15, -0.1) is 0 Å². The van der Waals surface area contributed by atoms with Crippen LogP contribution in [0.3, 0.4) is 0 Å². The monoisotopic (exact) mass is 336 g/mol. The molecule has 0 heterocycles. The molecule has 122 valence electrons. The smallest absolute Gasteiger partial charge is 0.356 e. The van der Waals surface area contributed by atoms with Crippen LogP contribution in [0.2, 0.25) is 0 Å². The number of phenols is 2. The standard InChI is InChI=1S/C16H17O6P/c1-10(11-3-2-4-12(17)8-11)7-15(19)14-9-13(18)5-6-16(14)23(20,21)22/h2-6,8-10,17-18H,7H2,1H3,(H2,20,21,22). The molecule has 1 atom stereocenters. The first kappa shape index (κ1) is 17.2. The second kappa shape index (κ2) is 6.54. The molecular weight excluding hydrogens is 319 g/mol. The molecule has 4 N–H and O–H groups in total. The summed E-state index contributed by atoms with van der Waals surface area (Å²) in [5, 5.41) is 18.6. The Kier molecular flexibility index (Phi) is 4.90. The molecule has 2 aromatic rings. The van der Waals surface area contributed by atoms with Gasteiger partial charge in [-0.05, 0) is 41.8 Å². The van der Waals surface area contributed by atoms with Gasteiger partial charge in [-0.1, -0.05) is 19.1 Å². The molecule has 1 unspecified atom stereocenters. The quantitative estimate of drug-likeness (QED) is 0.492. The number of ketones is 1. The van der Waals surface area contributed by atoms with Crippen LogP contribution >= 0.6 is 7.60 Å². The van der Waals surface area contributed by atoms with Crippen molar-refractivity contribution in [2.45, 2.75) is 19.3 Å². The summed E-state index contributed by atoms with van der Waals surface area (Å²) in [5.41, 5.74) is 0.543. The lowest BCUT2D eigenvalue weighted by Gasteiger charge is -2.14. The average Bonchev–Trinajstić information content (AvgIpc) is 2.45. The molecule has 23 heavy (non-hydrogen) atoms. The van der Waals surface area contributed by atoms with Gasteiger partial charge >= 0.3 is 7.60 Å². The van der Waals surface area contributed by atoms with Crippen LogP contribution in [0.25, 0.3) is 0 Å². The van der Waals surface area contributed by atoms with E-state index in [0.717, 1.165) is 23.8 Å². The maximum absolute atomic E-state index is 12.4. The molecule has 0 fully saturated rings. The third-order valence-corrected chi connectivity index (χ3v) is 4.54. The lowest BCUT2D eigenvalue weighted by atomic mass is 9.93. The van der Waals surface area contributed by atoms with Crippen molar-refractivity contribution in [2.24, 2.45) is 0 Å². The molecule has 0 bridgehead atoms. The molecule has 0 amide bonds. The molecule has 6 nitrogen and oxygen atoms in total. The fourth-order valence-corrected chi connectivity index (χ4v) is 3.11. The van der Waals surface area contributed by atoms with Crippen LogP contribution in [-0.4, -0.2) is 25.8 Å². The van der Waals surface area contributed by atoms with E-state index in [9.17, 15) is 29.4 Å². The van der Waals surface area contributed by atoms with E-state index in [0.29, 0.717) is 0 Å². The van der Waals surface area contributed by atoms with Crippen molar-refractivity contribution in [1.82, 2.24) is 0 Å². The Labute approximate surface area is 133 Å². The third kappa shape index (κ3) is 4.20. The Morgan fingerprint density at radius 2 is 1.74 bits per heavy atom. The summed E-state index contributed by atoms with van der Waals surface area (Å²) in [5.74, 6) is -0.915. The van der Waals surface area contributed by atoms with Gasteiger partial charge in [0.1, 0.15) is 11.5 Å². The van der Waals surface area contributed by atoms with E-state index in [4.69, 9.17) is 0 Å². The van der Waals surface area contributed by atoms with Gasteiger partial charge < -0.3 is 20.0 Å². The average molecular weight is 336 g/mol. The zero-order chi connectivity index (χ0) is 17.2. The minimum absolute atomic E-state index is 0.0140. The van der Waals surface area contributed by atoms with Gasteiger partial charge in [-0.2, -0.15) is 0 Å². The van der Waals surface area contributed by atoms with E-state index in [-0.39, 0.29) is 29.4 Å². The summed E-state index contributed by atoms with van der Waals surface area (Å²) < 4.78 is 11.5. The molecule has 0 saturated heterocycles. The topological polar surface area (TPSA) is 115 Å². The number of phenolic OH excluding ortho intramolecular Hbond substituents is 2. The van der Waals surface area contributed by atoms with Crippen molar-refractivity contribution in [3.05, 3.63) is 53.6 Å². The molecule has 0 radical (unpaired) electrons. The first-order valence-corrected chi connectivity index (χ1v) is 8.51. The number of aromatic hydroxyl groups is 2. The predicted octanol–water partition coefficient (Wildman–Crippen LogP) is 2.28. The maximum atomic E-state index is 12.4. The van der Waals surface area contributed by atoms with Crippen LogP contribution in [0.1, 0.15) is 35.2 Å². The molecule has 7 heteroatoms. The number of rotatable bonds is 5. The van der Waals surface area contributed by atoms with E-state index in [1.807, 2.05) is 0 Å². The number of carbonyl (C=O) groups is 1. The van der Waals surface area contributed by atoms with Gasteiger partial charge in [0.2, 0.25) is 0 Å². The zero-order valence-corrected chi connectivity index (χ0v) is 13.3. The lowest BCUT2D eigenvalue weighted by Crippen LogP contribution is -2.17. The van der Waals surface area contributed by atoms with Crippen LogP contribution in [0.4, 0.5) is 0 Å². The van der Waals surface area contributed by atoms with E-state index in [1.54, 1.807) is 19.1 Å². The molecular formula is C16H17O6P. The zero-order valence-electron chi connectivity index (χ0n) is 12.4. The molecule has 0 aliphatic carbocycles. The highest BCUT2D eigenvalue weighted by Gasteiger charge is 2.26. The summed E-state index contributed by atoms with van der Waals surface area (Å²) in [6.45, 7) is 1.77. The fraction of sp³-hybridized carbons (Fsp3) is 0.188. The Balaban J connectivity index is 2.31. The van der Waals surface area contributed by atoms with Crippen molar-refractivity contribution in [1.29, 1.82) is 0 Å². The number of benzene rings is 2. The van der Waals surface area contributed by atoms with Crippen LogP contribution in [0.5, 0.6) is 11.5 Å². The van der Waals surface area contributed by atoms with Crippen molar-refractivity contribution in [2.75, 3.05) is 0 Å². The Morgan fingerprint density at radius 3 is 2.35 bits per heavy atom. The molecule has 2 aromatic carbocycles. The Bertz CT molecular complexity index is 780. The van der Waals surface area contributed by atoms with E-state index in [1.165, 1.54) is 12.1 Å². The van der Waals surface area contributed by atoms with E-state index in [2.05, 4.69) is 0 Å². The first-order valence-electron chi connectivity index (χ1n) is 6.89. The third-order valence-electron chi connectivity index (χ3n) is 3.53. The maximum Gasteiger partial charge on any atom is 0.356 e. The van der Waals surface area contributed by atoms with Crippen molar-refractivity contribution in [3.63, 3.8) is 0 Å². The van der Waals surface area contributed by atoms with Gasteiger partial charge in [0.25, 0.3) is 0 Å². The second-order valence-corrected chi connectivity index (χ2v) is 6.94. The van der Waals surface area contributed by atoms with Gasteiger partial charge in [-0.25, -0.2) is 0 Å². The first-order chi connectivity index (χ1) is 10.7. The minimum atomic E-state index is -4.62. The number of carbonyl (C=O) groups excluding carboxylic acids is 1. The SMILES string of the molecule is CC(CC(=O)c1cc(O)ccc1P(=O)(O)O)c1cccc(O)c1. The highest BCUT2D eigenvalue weighted by Crippen LogP contribution is 2.36. The highest BCUT2D eigenvalue weighted by atomic mass is 31.2. The van der Waals surface area contributed by atoms with Crippen molar-refractivity contribution < 1.29 is 29.4 Å². The van der Waals surface area contributed by atoms with E-state index >= 15 is 0 Å². The van der Waals surface area contributed by atoms with Crippen LogP contribution in [0, 0.1) is 0 Å². The summed E-state index contributed by atoms with van der Waals surface area (Å²) in [6.07, 6.45) is -0.0140. The molecule has 0 aliphatic rings. The van der Waals surface area contributed by atoms with Crippen LogP contribution in [0.15, 0.2) is 42.5 Å². The van der Waals surface area contributed by atoms with Crippen molar-refractivity contribution in [3.8, 4) is 11.5 Å². The largest absolute Gasteiger partial charge is 0.508 e. The summed E-state index contributed by atoms with van der Waals surface area (Å²) in [6, 6.07) is 9.70. The normalized spacial score (nSPS) is 12.8. The van der Waals surface area contributed by atoms with Crippen LogP contribution in [-0.2, 0) is 4.57 Å². The Morgan fingerprint density at radius 1 is 1.09 bits per heavy atom. The number of hydrogen-bond acceptors (Lipinski definition) is 4. The predicted molar refractivity (Wildman–Crippen MR) is 85.3 cm³/mol. The number of Topliss-reactive ketones (excluding diaryl/α,β-unsaturated/α-hetero) is 1. The molecule has 2 rings (SSSR count). The number of hydrogen-bond donors (Lipinski definition) is 4. The summed E-state index contributed by atoms with van der Waals surface area (Å²) in [7, 11) is -4.62. The molecule has 0 aromatic heterocycles. The van der Waals surface area contributed by atoms with Crippen LogP contribution < -0.4 is 5.30 Å². The molecule has 0 aliphatic heterocycles. The Hall–Kier alpha value is -2.14. The lowest BCUT2D eigenvalue weighted by molar-refractivity contribution is 0.0975. The summed E-state index contributed by atoms with van der Waals surface area (Å²) >= 11 is 0. The van der Waals surface area contributed by atoms with Gasteiger partial charge in [-0.3, -0.25) is 9.36 Å². The summed E-state index contributed by atoms with van der Waals surface area (Å²) in [4.78, 5) is 31.1. The van der Waals surface area contributed by atoms with Crippen molar-refractivity contribution >= 4 is 18.7 Å². The van der Waals surface area contributed by atoms with E-state index < -0.39 is 18.7 Å². The second-order valence-electron chi connectivity index (χ2n) is 5.37. The van der Waals surface area contributed by atoms with Gasteiger partial charge in [0.15, 0.2) is 5.78 Å². The highest BCUT2D eigenvalue weighted by molar-refractivity contribution is 7.60.